The Morgan fingerprint density at radius 1 is 1.47 bits per heavy atom. The molecule has 4 heteroatoms. The summed E-state index contributed by atoms with van der Waals surface area (Å²) in [5, 5.41) is 10.0. The first-order valence-corrected chi connectivity index (χ1v) is 5.33. The Hall–Kier alpha value is -2.10. The summed E-state index contributed by atoms with van der Waals surface area (Å²) in [6, 6.07) is 8.80. The van der Waals surface area contributed by atoms with E-state index in [2.05, 4.69) is 0 Å². The molecule has 0 bridgehead atoms. The molecule has 1 N–H and O–H groups in total. The Morgan fingerprint density at radius 2 is 2.18 bits per heavy atom. The number of aliphatic carboxylic acids is 1. The van der Waals surface area contributed by atoms with E-state index in [0.717, 1.165) is 5.39 Å². The van der Waals surface area contributed by atoms with Crippen molar-refractivity contribution in [1.82, 2.24) is 0 Å². The third kappa shape index (κ3) is 1.62. The first kappa shape index (κ1) is 11.4. The van der Waals surface area contributed by atoms with Gasteiger partial charge in [0.05, 0.1) is 0 Å². The summed E-state index contributed by atoms with van der Waals surface area (Å²) in [6.07, 6.45) is 0.596. The minimum absolute atomic E-state index is 0.158. The third-order valence-corrected chi connectivity index (χ3v) is 3.01. The second-order valence-corrected chi connectivity index (χ2v) is 3.90. The third-order valence-electron chi connectivity index (χ3n) is 3.01. The van der Waals surface area contributed by atoms with Crippen molar-refractivity contribution >= 4 is 23.2 Å². The van der Waals surface area contributed by atoms with Crippen molar-refractivity contribution in [3.05, 3.63) is 36.1 Å². The number of furan rings is 1. The molecule has 0 aliphatic rings. The molecular weight excluding hydrogens is 220 g/mol. The van der Waals surface area contributed by atoms with Crippen molar-refractivity contribution < 1.29 is 19.1 Å². The lowest BCUT2D eigenvalue weighted by molar-refractivity contribution is -0.146. The van der Waals surface area contributed by atoms with Crippen LogP contribution in [0.25, 0.3) is 11.0 Å². The van der Waals surface area contributed by atoms with E-state index in [1.54, 1.807) is 25.1 Å². The number of carboxylic acid groups (broad SMARTS) is 1. The highest BCUT2D eigenvalue weighted by Crippen LogP contribution is 2.31. The van der Waals surface area contributed by atoms with Crippen molar-refractivity contribution in [2.75, 3.05) is 0 Å². The molecule has 4 nitrogen and oxygen atoms in total. The van der Waals surface area contributed by atoms with Gasteiger partial charge in [-0.05, 0) is 18.6 Å². The van der Waals surface area contributed by atoms with Gasteiger partial charge in [0.25, 0.3) is 0 Å². The molecule has 1 heterocycles. The monoisotopic (exact) mass is 232 g/mol. The molecular formula is C13H12O4. The molecule has 0 spiro atoms. The van der Waals surface area contributed by atoms with Crippen LogP contribution in [0, 0.1) is 0 Å². The van der Waals surface area contributed by atoms with E-state index in [-0.39, 0.29) is 12.2 Å². The maximum absolute atomic E-state index is 11.3. The Kier molecular flexibility index (Phi) is 2.71. The first-order chi connectivity index (χ1) is 8.14. The van der Waals surface area contributed by atoms with Crippen molar-refractivity contribution in [2.24, 2.45) is 0 Å². The van der Waals surface area contributed by atoms with Crippen LogP contribution in [-0.2, 0) is 15.0 Å². The Labute approximate surface area is 97.8 Å². The van der Waals surface area contributed by atoms with E-state index in [4.69, 9.17) is 4.42 Å². The van der Waals surface area contributed by atoms with E-state index in [9.17, 15) is 14.7 Å². The Morgan fingerprint density at radius 3 is 2.71 bits per heavy atom. The minimum atomic E-state index is -1.58. The van der Waals surface area contributed by atoms with Crippen molar-refractivity contribution in [2.45, 2.75) is 18.8 Å². The van der Waals surface area contributed by atoms with Gasteiger partial charge in [0, 0.05) is 5.39 Å². The first-order valence-electron chi connectivity index (χ1n) is 5.33. The van der Waals surface area contributed by atoms with Crippen LogP contribution in [-0.4, -0.2) is 17.4 Å². The van der Waals surface area contributed by atoms with Crippen LogP contribution in [0.4, 0.5) is 0 Å². The summed E-state index contributed by atoms with van der Waals surface area (Å²) in [6.45, 7) is 1.65. The van der Waals surface area contributed by atoms with Gasteiger partial charge in [-0.3, -0.25) is 4.79 Å². The van der Waals surface area contributed by atoms with Gasteiger partial charge in [-0.25, -0.2) is 0 Å². The maximum atomic E-state index is 11.3. The molecule has 0 aliphatic carbocycles. The molecule has 0 amide bonds. The van der Waals surface area contributed by atoms with Gasteiger partial charge in [-0.15, -0.1) is 0 Å². The highest BCUT2D eigenvalue weighted by Gasteiger charge is 2.42. The molecule has 0 saturated heterocycles. The zero-order chi connectivity index (χ0) is 12.5. The van der Waals surface area contributed by atoms with Gasteiger partial charge in [0.1, 0.15) is 17.6 Å². The van der Waals surface area contributed by atoms with Crippen LogP contribution >= 0.6 is 0 Å². The molecule has 0 radical (unpaired) electrons. The van der Waals surface area contributed by atoms with Crippen molar-refractivity contribution in [3.63, 3.8) is 0 Å². The molecule has 0 aliphatic heterocycles. The summed E-state index contributed by atoms with van der Waals surface area (Å²) < 4.78 is 5.46. The van der Waals surface area contributed by atoms with E-state index < -0.39 is 11.4 Å². The van der Waals surface area contributed by atoms with Crippen molar-refractivity contribution in [1.29, 1.82) is 0 Å². The van der Waals surface area contributed by atoms with Gasteiger partial charge in [0.15, 0.2) is 5.41 Å². The fraction of sp³-hybridized carbons (Fsp3) is 0.231. The zero-order valence-corrected chi connectivity index (χ0v) is 9.34. The van der Waals surface area contributed by atoms with Crippen LogP contribution in [0.3, 0.4) is 0 Å². The number of fused-ring (bicyclic) bond motifs is 1. The normalized spacial score (nSPS) is 14.4. The highest BCUT2D eigenvalue weighted by molar-refractivity contribution is 5.99. The molecule has 0 saturated carbocycles. The lowest BCUT2D eigenvalue weighted by Crippen LogP contribution is -2.36. The van der Waals surface area contributed by atoms with E-state index >= 15 is 0 Å². The number of aldehydes is 1. The number of hydrogen-bond acceptors (Lipinski definition) is 3. The van der Waals surface area contributed by atoms with E-state index in [1.807, 2.05) is 12.1 Å². The fourth-order valence-electron chi connectivity index (χ4n) is 1.82. The molecule has 2 rings (SSSR count). The largest absolute Gasteiger partial charge is 0.480 e. The average molecular weight is 232 g/mol. The van der Waals surface area contributed by atoms with Crippen LogP contribution in [0.1, 0.15) is 19.1 Å². The highest BCUT2D eigenvalue weighted by atomic mass is 16.4. The summed E-state index contributed by atoms with van der Waals surface area (Å²) in [4.78, 5) is 22.4. The number of para-hydroxylation sites is 1. The summed E-state index contributed by atoms with van der Waals surface area (Å²) in [5.41, 5.74) is -0.998. The SMILES string of the molecule is CC[C@@](C=O)(C(=O)O)c1cc2ccccc2o1. The zero-order valence-electron chi connectivity index (χ0n) is 9.34. The standard InChI is InChI=1S/C13H12O4/c1-2-13(8-14,12(15)16)11-7-9-5-3-4-6-10(9)17-11/h3-8H,2H2,1H3,(H,15,16)/t13-/m0/s1. The molecule has 17 heavy (non-hydrogen) atoms. The predicted molar refractivity (Wildman–Crippen MR) is 61.9 cm³/mol. The molecule has 1 atom stereocenters. The summed E-state index contributed by atoms with van der Waals surface area (Å²) >= 11 is 0. The lowest BCUT2D eigenvalue weighted by atomic mass is 9.84. The van der Waals surface area contributed by atoms with Gasteiger partial charge in [-0.2, -0.15) is 0 Å². The molecule has 88 valence electrons. The van der Waals surface area contributed by atoms with Gasteiger partial charge >= 0.3 is 5.97 Å². The number of hydrogen-bond donors (Lipinski definition) is 1. The maximum Gasteiger partial charge on any atom is 0.324 e. The quantitative estimate of drug-likeness (QED) is 0.649. The molecule has 2 aromatic rings. The lowest BCUT2D eigenvalue weighted by Gasteiger charge is -2.17. The van der Waals surface area contributed by atoms with Gasteiger partial charge < -0.3 is 14.3 Å². The fourth-order valence-corrected chi connectivity index (χ4v) is 1.82. The minimum Gasteiger partial charge on any atom is -0.480 e. The van der Waals surface area contributed by atoms with Crippen molar-refractivity contribution in [3.8, 4) is 0 Å². The molecule has 0 unspecified atom stereocenters. The number of rotatable bonds is 4. The van der Waals surface area contributed by atoms with Gasteiger partial charge in [-0.1, -0.05) is 25.1 Å². The Bertz CT molecular complexity index is 537. The molecule has 1 aromatic heterocycles. The Balaban J connectivity index is 2.64. The van der Waals surface area contributed by atoms with Crippen LogP contribution < -0.4 is 0 Å². The van der Waals surface area contributed by atoms with E-state index in [0.29, 0.717) is 11.9 Å². The predicted octanol–water partition coefficient (Wildman–Crippen LogP) is 2.36. The summed E-state index contributed by atoms with van der Waals surface area (Å²) in [7, 11) is 0. The second kappa shape index (κ2) is 4.05. The molecule has 0 fully saturated rings. The van der Waals surface area contributed by atoms with Gasteiger partial charge in [0.2, 0.25) is 0 Å². The second-order valence-electron chi connectivity index (χ2n) is 3.90. The number of carbonyl (C=O) groups is 2. The topological polar surface area (TPSA) is 67.5 Å². The van der Waals surface area contributed by atoms with Crippen LogP contribution in [0.2, 0.25) is 0 Å². The van der Waals surface area contributed by atoms with E-state index in [1.165, 1.54) is 0 Å². The summed E-state index contributed by atoms with van der Waals surface area (Å²) in [5.74, 6) is -1.00. The average Bonchev–Trinajstić information content (AvgIpc) is 2.74. The number of carbonyl (C=O) groups excluding carboxylic acids is 1. The van der Waals surface area contributed by atoms with Crippen LogP contribution in [0.15, 0.2) is 34.7 Å². The van der Waals surface area contributed by atoms with Crippen LogP contribution in [0.5, 0.6) is 0 Å². The smallest absolute Gasteiger partial charge is 0.324 e. The number of benzene rings is 1. The molecule has 1 aromatic carbocycles. The number of carboxylic acids is 1.